The number of carboxylic acids is 1. The zero-order valence-electron chi connectivity index (χ0n) is 22.8. The first kappa shape index (κ1) is 31.6. The summed E-state index contributed by atoms with van der Waals surface area (Å²) in [6.45, 7) is 15.2. The molecule has 2 amide bonds. The lowest BCUT2D eigenvalue weighted by Crippen LogP contribution is -2.48. The Labute approximate surface area is 223 Å². The number of benzene rings is 1. The van der Waals surface area contributed by atoms with E-state index >= 15 is 0 Å². The number of carbonyl (C=O) groups excluding carboxylic acids is 2. The second kappa shape index (κ2) is 13.9. The number of likely N-dealkylation sites (tertiary alicyclic amines) is 1. The van der Waals surface area contributed by atoms with Crippen LogP contribution in [0.15, 0.2) is 24.3 Å². The van der Waals surface area contributed by atoms with Crippen molar-refractivity contribution >= 4 is 17.8 Å². The Morgan fingerprint density at radius 2 is 1.63 bits per heavy atom. The molecule has 1 atom stereocenters. The number of alkyl halides is 3. The Morgan fingerprint density at radius 3 is 2.13 bits per heavy atom. The van der Waals surface area contributed by atoms with Gasteiger partial charge in [0.05, 0.1) is 0 Å². The van der Waals surface area contributed by atoms with Crippen molar-refractivity contribution in [3.63, 3.8) is 0 Å². The van der Waals surface area contributed by atoms with Gasteiger partial charge >= 0.3 is 12.1 Å². The maximum absolute atomic E-state index is 13.4. The van der Waals surface area contributed by atoms with Crippen LogP contribution in [0.25, 0.3) is 0 Å². The Balaban J connectivity index is 0.000000638. The number of aliphatic carboxylic acids is 1. The summed E-state index contributed by atoms with van der Waals surface area (Å²) >= 11 is 0. The van der Waals surface area contributed by atoms with Crippen LogP contribution in [-0.2, 0) is 15.0 Å². The van der Waals surface area contributed by atoms with Gasteiger partial charge in [-0.05, 0) is 49.0 Å². The maximum Gasteiger partial charge on any atom is 0.490 e. The summed E-state index contributed by atoms with van der Waals surface area (Å²) in [4.78, 5) is 41.4. The second-order valence-corrected chi connectivity index (χ2v) is 10.7. The highest BCUT2D eigenvalue weighted by molar-refractivity contribution is 5.94. The van der Waals surface area contributed by atoms with Crippen molar-refractivity contribution in [3.05, 3.63) is 35.4 Å². The van der Waals surface area contributed by atoms with Crippen LogP contribution in [0.3, 0.4) is 0 Å². The number of likely N-dealkylation sites (N-methyl/N-ethyl adjacent to an activating group) is 1. The molecule has 0 saturated carbocycles. The van der Waals surface area contributed by atoms with E-state index in [4.69, 9.17) is 9.90 Å². The lowest BCUT2D eigenvalue weighted by atomic mass is 9.86. The molecule has 2 heterocycles. The van der Waals surface area contributed by atoms with Gasteiger partial charge in [-0.1, -0.05) is 39.8 Å². The Hall–Kier alpha value is -2.66. The SMILES string of the molecule is CCN1CCCC1CN(CCC(=O)N1CCNCC1)C(=O)c1ccc(C(C)(C)C)cc1.O=C(O)C(F)(F)F. The monoisotopic (exact) mass is 542 g/mol. The molecular formula is C27H41F3N4O4. The third-order valence-electron chi connectivity index (χ3n) is 6.93. The number of carboxylic acid groups (broad SMARTS) is 1. The molecule has 1 unspecified atom stereocenters. The molecule has 2 aliphatic rings. The average molecular weight is 543 g/mol. The van der Waals surface area contributed by atoms with Crippen LogP contribution >= 0.6 is 0 Å². The number of amides is 2. The fraction of sp³-hybridized carbons (Fsp3) is 0.667. The normalized spacial score (nSPS) is 18.5. The van der Waals surface area contributed by atoms with Gasteiger partial charge in [0.25, 0.3) is 5.91 Å². The molecule has 3 rings (SSSR count). The number of rotatable bonds is 7. The van der Waals surface area contributed by atoms with Crippen LogP contribution < -0.4 is 5.32 Å². The number of halogens is 3. The van der Waals surface area contributed by atoms with Crippen molar-refractivity contribution in [2.75, 3.05) is 52.4 Å². The summed E-state index contributed by atoms with van der Waals surface area (Å²) in [5.74, 6) is -2.56. The first-order chi connectivity index (χ1) is 17.7. The second-order valence-electron chi connectivity index (χ2n) is 10.7. The van der Waals surface area contributed by atoms with E-state index in [-0.39, 0.29) is 17.2 Å². The molecular weight excluding hydrogens is 501 g/mol. The summed E-state index contributed by atoms with van der Waals surface area (Å²) in [6, 6.07) is 8.40. The minimum Gasteiger partial charge on any atom is -0.475 e. The fourth-order valence-electron chi connectivity index (χ4n) is 4.65. The van der Waals surface area contributed by atoms with E-state index in [0.717, 1.165) is 45.7 Å². The number of piperazine rings is 1. The molecule has 11 heteroatoms. The third-order valence-corrected chi connectivity index (χ3v) is 6.93. The van der Waals surface area contributed by atoms with Crippen molar-refractivity contribution in [1.29, 1.82) is 0 Å². The molecule has 1 aromatic carbocycles. The molecule has 0 spiro atoms. The van der Waals surface area contributed by atoms with Crippen molar-refractivity contribution in [2.45, 2.75) is 64.6 Å². The molecule has 1 aromatic rings. The first-order valence-electron chi connectivity index (χ1n) is 13.2. The highest BCUT2D eigenvalue weighted by Crippen LogP contribution is 2.23. The van der Waals surface area contributed by atoms with Crippen molar-refractivity contribution in [3.8, 4) is 0 Å². The first-order valence-corrected chi connectivity index (χ1v) is 13.2. The van der Waals surface area contributed by atoms with Crippen molar-refractivity contribution in [2.24, 2.45) is 0 Å². The number of hydrogen-bond donors (Lipinski definition) is 2. The van der Waals surface area contributed by atoms with Gasteiger partial charge in [-0.15, -0.1) is 0 Å². The maximum atomic E-state index is 13.4. The van der Waals surface area contributed by atoms with Gasteiger partial charge in [0, 0.05) is 57.3 Å². The standard InChI is InChI=1S/C25H40N4O2.C2HF3O2/c1-5-27-15-6-7-22(27)19-29(16-12-23(30)28-17-13-26-14-18-28)24(31)20-8-10-21(11-9-20)25(2,3)4;3-2(4,5)1(6)7/h8-11,22,26H,5-7,12-19H2,1-4H3;(H,6,7). The van der Waals surface area contributed by atoms with Gasteiger partial charge in [-0.3, -0.25) is 14.5 Å². The number of nitrogens with zero attached hydrogens (tertiary/aromatic N) is 3. The summed E-state index contributed by atoms with van der Waals surface area (Å²) in [6.07, 6.45) is -2.39. The Bertz CT molecular complexity index is 926. The summed E-state index contributed by atoms with van der Waals surface area (Å²) < 4.78 is 31.7. The average Bonchev–Trinajstić information content (AvgIpc) is 3.33. The van der Waals surface area contributed by atoms with E-state index < -0.39 is 12.1 Å². The van der Waals surface area contributed by atoms with E-state index in [9.17, 15) is 22.8 Å². The molecule has 0 radical (unpaired) electrons. The highest BCUT2D eigenvalue weighted by Gasteiger charge is 2.38. The van der Waals surface area contributed by atoms with Gasteiger partial charge in [0.2, 0.25) is 5.91 Å². The minimum atomic E-state index is -5.08. The predicted molar refractivity (Wildman–Crippen MR) is 139 cm³/mol. The van der Waals surface area contributed by atoms with E-state index in [2.05, 4.69) is 50.0 Å². The van der Waals surface area contributed by atoms with Crippen LogP contribution in [-0.4, -0.2) is 102 Å². The highest BCUT2D eigenvalue weighted by atomic mass is 19.4. The number of hydrogen-bond acceptors (Lipinski definition) is 5. The van der Waals surface area contributed by atoms with Crippen molar-refractivity contribution in [1.82, 2.24) is 20.0 Å². The van der Waals surface area contributed by atoms with E-state index in [1.54, 1.807) is 0 Å². The molecule has 2 fully saturated rings. The molecule has 8 nitrogen and oxygen atoms in total. The van der Waals surface area contributed by atoms with Crippen LogP contribution in [0, 0.1) is 0 Å². The van der Waals surface area contributed by atoms with E-state index in [1.807, 2.05) is 21.9 Å². The number of carbonyl (C=O) groups is 3. The molecule has 214 valence electrons. The van der Waals surface area contributed by atoms with E-state index in [1.165, 1.54) is 12.0 Å². The van der Waals surface area contributed by atoms with Gasteiger partial charge in [0.15, 0.2) is 0 Å². The van der Waals surface area contributed by atoms with Gasteiger partial charge in [0.1, 0.15) is 0 Å². The molecule has 2 saturated heterocycles. The largest absolute Gasteiger partial charge is 0.490 e. The third kappa shape index (κ3) is 9.58. The Morgan fingerprint density at radius 1 is 1.05 bits per heavy atom. The lowest BCUT2D eigenvalue weighted by Gasteiger charge is -2.32. The van der Waals surface area contributed by atoms with Crippen LogP contribution in [0.5, 0.6) is 0 Å². The van der Waals surface area contributed by atoms with Crippen LogP contribution in [0.2, 0.25) is 0 Å². The quantitative estimate of drug-likeness (QED) is 0.549. The molecule has 2 N–H and O–H groups in total. The predicted octanol–water partition coefficient (Wildman–Crippen LogP) is 3.37. The fourth-order valence-corrected chi connectivity index (χ4v) is 4.65. The lowest BCUT2D eigenvalue weighted by molar-refractivity contribution is -0.192. The zero-order chi connectivity index (χ0) is 28.5. The summed E-state index contributed by atoms with van der Waals surface area (Å²) in [7, 11) is 0. The molecule has 0 aromatic heterocycles. The van der Waals surface area contributed by atoms with Crippen molar-refractivity contribution < 1.29 is 32.7 Å². The number of nitrogens with one attached hydrogen (secondary N) is 1. The van der Waals surface area contributed by atoms with E-state index in [0.29, 0.717) is 31.1 Å². The molecule has 2 aliphatic heterocycles. The van der Waals surface area contributed by atoms with Gasteiger partial charge < -0.3 is 20.2 Å². The van der Waals surface area contributed by atoms with Gasteiger partial charge in [-0.25, -0.2) is 4.79 Å². The topological polar surface area (TPSA) is 93.2 Å². The van der Waals surface area contributed by atoms with Gasteiger partial charge in [-0.2, -0.15) is 13.2 Å². The Kier molecular flexibility index (Phi) is 11.6. The van der Waals surface area contributed by atoms with Crippen LogP contribution in [0.4, 0.5) is 13.2 Å². The molecule has 0 aliphatic carbocycles. The van der Waals surface area contributed by atoms with Crippen LogP contribution in [0.1, 0.15) is 62.9 Å². The smallest absolute Gasteiger partial charge is 0.475 e. The zero-order valence-corrected chi connectivity index (χ0v) is 22.8. The molecule has 38 heavy (non-hydrogen) atoms. The molecule has 0 bridgehead atoms. The summed E-state index contributed by atoms with van der Waals surface area (Å²) in [5.41, 5.74) is 1.99. The summed E-state index contributed by atoms with van der Waals surface area (Å²) in [5, 5.41) is 10.4. The minimum absolute atomic E-state index is 0.0384.